The van der Waals surface area contributed by atoms with Crippen molar-refractivity contribution in [2.75, 3.05) is 17.7 Å². The predicted molar refractivity (Wildman–Crippen MR) is 74.9 cm³/mol. The number of nitrogen functional groups attached to an aromatic ring is 1. The third-order valence-electron chi connectivity index (χ3n) is 2.86. The van der Waals surface area contributed by atoms with E-state index in [9.17, 15) is 18.0 Å². The van der Waals surface area contributed by atoms with Crippen LogP contribution in [0.15, 0.2) is 18.2 Å². The van der Waals surface area contributed by atoms with Crippen molar-refractivity contribution in [2.24, 2.45) is 0 Å². The Morgan fingerprint density at radius 3 is 2.71 bits per heavy atom. The van der Waals surface area contributed by atoms with Crippen LogP contribution in [0.25, 0.3) is 0 Å². The van der Waals surface area contributed by atoms with E-state index in [1.54, 1.807) is 18.2 Å². The van der Waals surface area contributed by atoms with Gasteiger partial charge in [0.05, 0.1) is 0 Å². The zero-order valence-corrected chi connectivity index (χ0v) is 12.0. The van der Waals surface area contributed by atoms with Gasteiger partial charge in [0.1, 0.15) is 6.10 Å². The number of ether oxygens (including phenoxy) is 1. The molecule has 1 rings (SSSR count). The third-order valence-corrected chi connectivity index (χ3v) is 2.86. The van der Waals surface area contributed by atoms with Gasteiger partial charge in [0.2, 0.25) is 0 Å². The van der Waals surface area contributed by atoms with Gasteiger partial charge in [-0.1, -0.05) is 6.07 Å². The molecule has 0 saturated carbocycles. The highest BCUT2D eigenvalue weighted by atomic mass is 19.4. The first-order valence-corrected chi connectivity index (χ1v) is 6.54. The van der Waals surface area contributed by atoms with Gasteiger partial charge in [-0.3, -0.25) is 4.79 Å². The van der Waals surface area contributed by atoms with Gasteiger partial charge < -0.3 is 15.8 Å². The molecule has 0 aliphatic rings. The van der Waals surface area contributed by atoms with E-state index in [2.05, 4.69) is 5.32 Å². The van der Waals surface area contributed by atoms with Gasteiger partial charge in [0.25, 0.3) is 5.91 Å². The molecule has 0 fully saturated rings. The molecular weight excluding hydrogens is 285 g/mol. The Kier molecular flexibility index (Phi) is 6.02. The minimum Gasteiger partial charge on any atom is -0.399 e. The lowest BCUT2D eigenvalue weighted by Gasteiger charge is -2.15. The molecule has 21 heavy (non-hydrogen) atoms. The molecule has 0 bridgehead atoms. The highest BCUT2D eigenvalue weighted by molar-refractivity contribution is 5.95. The summed E-state index contributed by atoms with van der Waals surface area (Å²) < 4.78 is 41.0. The predicted octanol–water partition coefficient (Wildman–Crippen LogP) is 3.26. The van der Waals surface area contributed by atoms with Crippen LogP contribution in [0.5, 0.6) is 0 Å². The molecule has 0 aliphatic heterocycles. The second-order valence-corrected chi connectivity index (χ2v) is 4.80. The van der Waals surface area contributed by atoms with Crippen LogP contribution in [-0.2, 0) is 9.53 Å². The van der Waals surface area contributed by atoms with E-state index >= 15 is 0 Å². The maximum absolute atomic E-state index is 12.0. The minimum atomic E-state index is -4.20. The maximum Gasteiger partial charge on any atom is 0.389 e. The number of alkyl halides is 3. The van der Waals surface area contributed by atoms with Crippen LogP contribution in [0.2, 0.25) is 0 Å². The molecule has 1 aromatic rings. The summed E-state index contributed by atoms with van der Waals surface area (Å²) in [4.78, 5) is 11.9. The monoisotopic (exact) mass is 304 g/mol. The molecule has 4 nitrogen and oxygen atoms in total. The number of nitrogens with one attached hydrogen (secondary N) is 1. The number of benzene rings is 1. The summed E-state index contributed by atoms with van der Waals surface area (Å²) in [5, 5.41) is 2.64. The average molecular weight is 304 g/mol. The van der Waals surface area contributed by atoms with Gasteiger partial charge in [0.15, 0.2) is 0 Å². The molecular formula is C14H19F3N2O2. The molecule has 118 valence electrons. The Hall–Kier alpha value is -1.76. The molecule has 0 heterocycles. The van der Waals surface area contributed by atoms with Crippen molar-refractivity contribution in [1.82, 2.24) is 0 Å². The van der Waals surface area contributed by atoms with Gasteiger partial charge in [-0.25, -0.2) is 0 Å². The lowest BCUT2D eigenvalue weighted by Crippen LogP contribution is -2.28. The van der Waals surface area contributed by atoms with E-state index in [0.717, 1.165) is 5.56 Å². The quantitative estimate of drug-likeness (QED) is 0.626. The van der Waals surface area contributed by atoms with Crippen LogP contribution in [0.3, 0.4) is 0 Å². The molecule has 0 saturated heterocycles. The molecule has 0 aromatic heterocycles. The summed E-state index contributed by atoms with van der Waals surface area (Å²) >= 11 is 0. The second kappa shape index (κ2) is 7.31. The van der Waals surface area contributed by atoms with E-state index in [-0.39, 0.29) is 13.0 Å². The zero-order chi connectivity index (χ0) is 16.0. The maximum atomic E-state index is 12.0. The van der Waals surface area contributed by atoms with Gasteiger partial charge in [-0.15, -0.1) is 0 Å². The number of amides is 1. The van der Waals surface area contributed by atoms with Gasteiger partial charge >= 0.3 is 6.18 Å². The van der Waals surface area contributed by atoms with Crippen LogP contribution in [0, 0.1) is 6.92 Å². The number of carbonyl (C=O) groups is 1. The Labute approximate surface area is 121 Å². The number of halogens is 3. The zero-order valence-electron chi connectivity index (χ0n) is 12.0. The van der Waals surface area contributed by atoms with Crippen molar-refractivity contribution in [3.63, 3.8) is 0 Å². The average Bonchev–Trinajstić information content (AvgIpc) is 2.37. The van der Waals surface area contributed by atoms with E-state index in [1.807, 2.05) is 6.92 Å². The smallest absolute Gasteiger partial charge is 0.389 e. The largest absolute Gasteiger partial charge is 0.399 e. The van der Waals surface area contributed by atoms with Crippen molar-refractivity contribution < 1.29 is 22.7 Å². The van der Waals surface area contributed by atoms with Crippen LogP contribution in [-0.4, -0.2) is 24.8 Å². The fourth-order valence-electron chi connectivity index (χ4n) is 1.62. The normalized spacial score (nSPS) is 13.0. The number of hydrogen-bond donors (Lipinski definition) is 2. The second-order valence-electron chi connectivity index (χ2n) is 4.80. The van der Waals surface area contributed by atoms with Crippen molar-refractivity contribution in [3.05, 3.63) is 23.8 Å². The minimum absolute atomic E-state index is 0.121. The van der Waals surface area contributed by atoms with Crippen molar-refractivity contribution in [2.45, 2.75) is 39.0 Å². The third kappa shape index (κ3) is 6.48. The first-order chi connectivity index (χ1) is 9.69. The Morgan fingerprint density at radius 2 is 2.10 bits per heavy atom. The fourth-order valence-corrected chi connectivity index (χ4v) is 1.62. The number of nitrogens with two attached hydrogens (primary N) is 1. The Morgan fingerprint density at radius 1 is 1.43 bits per heavy atom. The standard InChI is InChI=1S/C14H19F3N2O2/c1-9-4-5-11(18)8-12(9)19-13(20)10(2)21-7-3-6-14(15,16)17/h4-5,8,10H,3,6-7,18H2,1-2H3,(H,19,20). The summed E-state index contributed by atoms with van der Waals surface area (Å²) in [5.74, 6) is -0.421. The van der Waals surface area contributed by atoms with Crippen molar-refractivity contribution >= 4 is 17.3 Å². The molecule has 0 spiro atoms. The molecule has 1 amide bonds. The summed E-state index contributed by atoms with van der Waals surface area (Å²) in [6.45, 7) is 3.18. The van der Waals surface area contributed by atoms with Gasteiger partial charge in [-0.2, -0.15) is 13.2 Å². The number of rotatable bonds is 6. The van der Waals surface area contributed by atoms with Crippen LogP contribution in [0.1, 0.15) is 25.3 Å². The number of hydrogen-bond acceptors (Lipinski definition) is 3. The first-order valence-electron chi connectivity index (χ1n) is 6.54. The summed E-state index contributed by atoms with van der Waals surface area (Å²) in [5.41, 5.74) is 7.53. The summed E-state index contributed by atoms with van der Waals surface area (Å²) in [6.07, 6.45) is -6.12. The van der Waals surface area contributed by atoms with Crippen LogP contribution >= 0.6 is 0 Å². The topological polar surface area (TPSA) is 64.3 Å². The lowest BCUT2D eigenvalue weighted by molar-refractivity contribution is -0.140. The Bertz CT molecular complexity index is 490. The van der Waals surface area contributed by atoms with Gasteiger partial charge in [0, 0.05) is 24.4 Å². The molecule has 1 unspecified atom stereocenters. The van der Waals surface area contributed by atoms with Gasteiger partial charge in [-0.05, 0) is 38.0 Å². The summed E-state index contributed by atoms with van der Waals surface area (Å²) in [6, 6.07) is 5.09. The highest BCUT2D eigenvalue weighted by Gasteiger charge is 2.26. The molecule has 3 N–H and O–H groups in total. The molecule has 0 radical (unpaired) electrons. The van der Waals surface area contributed by atoms with Crippen molar-refractivity contribution in [3.8, 4) is 0 Å². The number of carbonyl (C=O) groups excluding carboxylic acids is 1. The molecule has 0 aliphatic carbocycles. The molecule has 1 atom stereocenters. The highest BCUT2D eigenvalue weighted by Crippen LogP contribution is 2.21. The van der Waals surface area contributed by atoms with E-state index in [0.29, 0.717) is 11.4 Å². The lowest BCUT2D eigenvalue weighted by atomic mass is 10.1. The first kappa shape index (κ1) is 17.3. The number of aryl methyl sites for hydroxylation is 1. The van der Waals surface area contributed by atoms with E-state index in [1.165, 1.54) is 6.92 Å². The Balaban J connectivity index is 2.42. The van der Waals surface area contributed by atoms with E-state index in [4.69, 9.17) is 10.5 Å². The van der Waals surface area contributed by atoms with E-state index < -0.39 is 24.6 Å². The van der Waals surface area contributed by atoms with Crippen LogP contribution < -0.4 is 11.1 Å². The fraction of sp³-hybridized carbons (Fsp3) is 0.500. The SMILES string of the molecule is Cc1ccc(N)cc1NC(=O)C(C)OCCCC(F)(F)F. The molecule has 7 heteroatoms. The van der Waals surface area contributed by atoms with Crippen molar-refractivity contribution in [1.29, 1.82) is 0 Å². The van der Waals surface area contributed by atoms with Crippen LogP contribution in [0.4, 0.5) is 24.5 Å². The summed E-state index contributed by atoms with van der Waals surface area (Å²) in [7, 11) is 0. The number of anilines is 2. The molecule has 1 aromatic carbocycles.